The van der Waals surface area contributed by atoms with Crippen LogP contribution in [0, 0.1) is 12.8 Å². The van der Waals surface area contributed by atoms with Crippen LogP contribution in [-0.4, -0.2) is 4.98 Å². The lowest BCUT2D eigenvalue weighted by molar-refractivity contribution is 0.942. The molecule has 0 aliphatic heterocycles. The number of allylic oxidation sites excluding steroid dienone is 3. The van der Waals surface area contributed by atoms with Gasteiger partial charge < -0.3 is 0 Å². The quantitative estimate of drug-likeness (QED) is 0.627. The second kappa shape index (κ2) is 13.7. The van der Waals surface area contributed by atoms with Crippen LogP contribution in [0.15, 0.2) is 36.6 Å². The van der Waals surface area contributed by atoms with Gasteiger partial charge in [0, 0.05) is 6.20 Å². The van der Waals surface area contributed by atoms with Gasteiger partial charge in [0.2, 0.25) is 0 Å². The van der Waals surface area contributed by atoms with Gasteiger partial charge in [0.1, 0.15) is 0 Å². The fraction of sp³-hybridized carbons (Fsp3) is 0.471. The number of nitrogens with zero attached hydrogens (tertiary/aromatic N) is 1. The van der Waals surface area contributed by atoms with Crippen LogP contribution in [0.5, 0.6) is 0 Å². The first-order valence-corrected chi connectivity index (χ1v) is 6.96. The molecule has 1 aromatic rings. The van der Waals surface area contributed by atoms with Crippen molar-refractivity contribution in [2.75, 3.05) is 0 Å². The topological polar surface area (TPSA) is 12.9 Å². The summed E-state index contributed by atoms with van der Waals surface area (Å²) in [7, 11) is 0. The Kier molecular flexibility index (Phi) is 14.4. The molecule has 0 saturated heterocycles. The Labute approximate surface area is 114 Å². The third-order valence-electron chi connectivity index (χ3n) is 2.10. The molecule has 0 saturated carbocycles. The van der Waals surface area contributed by atoms with Gasteiger partial charge in [-0.15, -0.1) is 0 Å². The summed E-state index contributed by atoms with van der Waals surface area (Å²) < 4.78 is 0. The van der Waals surface area contributed by atoms with Crippen LogP contribution < -0.4 is 0 Å². The monoisotopic (exact) mass is 247 g/mol. The maximum Gasteiger partial charge on any atom is 0.0655 e. The van der Waals surface area contributed by atoms with Gasteiger partial charge in [-0.25, -0.2) is 0 Å². The Bertz CT molecular complexity index is 337. The van der Waals surface area contributed by atoms with Gasteiger partial charge in [-0.2, -0.15) is 0 Å². The molecule has 0 aromatic carbocycles. The van der Waals surface area contributed by atoms with Crippen LogP contribution >= 0.6 is 0 Å². The van der Waals surface area contributed by atoms with Gasteiger partial charge >= 0.3 is 0 Å². The minimum absolute atomic E-state index is 0.474. The standard InChI is InChI=1S/C13H17N.2C2H6/c1-4-6-11(2)8-9-13-12(3)7-5-10-14-13;2*1-2/h4-11H,1-3H3;2*1-2H3/b6-4-,9-8-;;. The Morgan fingerprint density at radius 1 is 1.11 bits per heavy atom. The highest BCUT2D eigenvalue weighted by molar-refractivity contribution is 5.49. The highest BCUT2D eigenvalue weighted by Crippen LogP contribution is 2.08. The molecule has 1 heterocycles. The molecule has 0 spiro atoms. The molecule has 0 N–H and O–H groups in total. The summed E-state index contributed by atoms with van der Waals surface area (Å²) in [4.78, 5) is 4.30. The summed E-state index contributed by atoms with van der Waals surface area (Å²) in [5, 5.41) is 0. The molecule has 102 valence electrons. The van der Waals surface area contributed by atoms with E-state index in [1.165, 1.54) is 5.56 Å². The number of aromatic nitrogens is 1. The lowest BCUT2D eigenvalue weighted by Crippen LogP contribution is -1.86. The molecule has 0 aliphatic carbocycles. The van der Waals surface area contributed by atoms with Crippen LogP contribution in [0.1, 0.15) is 52.8 Å². The predicted octanol–water partition coefficient (Wildman–Crippen LogP) is 5.67. The van der Waals surface area contributed by atoms with Crippen molar-refractivity contribution in [1.82, 2.24) is 4.98 Å². The SMILES string of the molecule is C/C=C\C(C)/C=C\c1ncccc1C.CC.CC. The molecule has 0 bridgehead atoms. The van der Waals surface area contributed by atoms with E-state index in [1.54, 1.807) is 0 Å². The van der Waals surface area contributed by atoms with Crippen molar-refractivity contribution >= 4 is 6.08 Å². The highest BCUT2D eigenvalue weighted by atomic mass is 14.7. The van der Waals surface area contributed by atoms with Crippen LogP contribution in [0.2, 0.25) is 0 Å². The number of hydrogen-bond donors (Lipinski definition) is 0. The fourth-order valence-electron chi connectivity index (χ4n) is 1.28. The smallest absolute Gasteiger partial charge is 0.0655 e. The van der Waals surface area contributed by atoms with E-state index in [0.29, 0.717) is 5.92 Å². The number of rotatable bonds is 3. The van der Waals surface area contributed by atoms with Crippen LogP contribution in [0.25, 0.3) is 6.08 Å². The van der Waals surface area contributed by atoms with E-state index in [4.69, 9.17) is 0 Å². The molecular weight excluding hydrogens is 218 g/mol. The maximum atomic E-state index is 4.30. The molecule has 1 nitrogen and oxygen atoms in total. The third-order valence-corrected chi connectivity index (χ3v) is 2.10. The minimum atomic E-state index is 0.474. The van der Waals surface area contributed by atoms with Crippen LogP contribution in [0.4, 0.5) is 0 Å². The van der Waals surface area contributed by atoms with E-state index < -0.39 is 0 Å². The molecule has 0 aliphatic rings. The molecule has 1 heteroatoms. The number of pyridine rings is 1. The number of aryl methyl sites for hydroxylation is 1. The van der Waals surface area contributed by atoms with E-state index in [1.807, 2.05) is 46.9 Å². The molecular formula is C17H29N. The van der Waals surface area contributed by atoms with Crippen molar-refractivity contribution in [3.63, 3.8) is 0 Å². The number of hydrogen-bond acceptors (Lipinski definition) is 1. The average Bonchev–Trinajstić information content (AvgIpc) is 2.43. The van der Waals surface area contributed by atoms with Crippen molar-refractivity contribution in [1.29, 1.82) is 0 Å². The van der Waals surface area contributed by atoms with E-state index >= 15 is 0 Å². The molecule has 1 unspecified atom stereocenters. The first-order valence-electron chi connectivity index (χ1n) is 6.96. The first-order chi connectivity index (χ1) is 8.74. The van der Waals surface area contributed by atoms with Crippen molar-refractivity contribution < 1.29 is 0 Å². The molecule has 0 fully saturated rings. The highest BCUT2D eigenvalue weighted by Gasteiger charge is 1.93. The zero-order valence-electron chi connectivity index (χ0n) is 13.1. The summed E-state index contributed by atoms with van der Waals surface area (Å²) in [6, 6.07) is 4.04. The lowest BCUT2D eigenvalue weighted by Gasteiger charge is -1.99. The first kappa shape index (κ1) is 19.0. The Balaban J connectivity index is 0. The predicted molar refractivity (Wildman–Crippen MR) is 84.7 cm³/mol. The second-order valence-electron chi connectivity index (χ2n) is 3.45. The Morgan fingerprint density at radius 2 is 1.72 bits per heavy atom. The molecule has 1 rings (SSSR count). The normalized spacial score (nSPS) is 11.5. The van der Waals surface area contributed by atoms with Crippen LogP contribution in [-0.2, 0) is 0 Å². The molecule has 0 amide bonds. The molecule has 1 atom stereocenters. The van der Waals surface area contributed by atoms with E-state index in [0.717, 1.165) is 5.69 Å². The second-order valence-corrected chi connectivity index (χ2v) is 3.45. The molecule has 0 radical (unpaired) electrons. The minimum Gasteiger partial charge on any atom is -0.257 e. The summed E-state index contributed by atoms with van der Waals surface area (Å²) >= 11 is 0. The summed E-state index contributed by atoms with van der Waals surface area (Å²) in [6.07, 6.45) is 10.3. The summed E-state index contributed by atoms with van der Waals surface area (Å²) in [5.74, 6) is 0.474. The van der Waals surface area contributed by atoms with Gasteiger partial charge in [0.25, 0.3) is 0 Å². The third kappa shape index (κ3) is 8.74. The van der Waals surface area contributed by atoms with Crippen LogP contribution in [0.3, 0.4) is 0 Å². The van der Waals surface area contributed by atoms with E-state index in [-0.39, 0.29) is 0 Å². The Morgan fingerprint density at radius 3 is 2.22 bits per heavy atom. The van der Waals surface area contributed by atoms with Gasteiger partial charge in [-0.1, -0.05) is 58.9 Å². The Hall–Kier alpha value is -1.37. The van der Waals surface area contributed by atoms with Crippen molar-refractivity contribution in [2.45, 2.75) is 48.5 Å². The van der Waals surface area contributed by atoms with Gasteiger partial charge in [0.15, 0.2) is 0 Å². The van der Waals surface area contributed by atoms with Gasteiger partial charge in [-0.05, 0) is 37.5 Å². The summed E-state index contributed by atoms with van der Waals surface area (Å²) in [5.41, 5.74) is 2.28. The van der Waals surface area contributed by atoms with Gasteiger partial charge in [-0.3, -0.25) is 4.98 Å². The zero-order chi connectivity index (χ0) is 14.4. The van der Waals surface area contributed by atoms with Crippen molar-refractivity contribution in [2.24, 2.45) is 5.92 Å². The van der Waals surface area contributed by atoms with Crippen molar-refractivity contribution in [3.8, 4) is 0 Å². The zero-order valence-corrected chi connectivity index (χ0v) is 13.1. The average molecular weight is 247 g/mol. The van der Waals surface area contributed by atoms with E-state index in [2.05, 4.69) is 49.2 Å². The fourth-order valence-corrected chi connectivity index (χ4v) is 1.28. The van der Waals surface area contributed by atoms with Crippen molar-refractivity contribution in [3.05, 3.63) is 47.8 Å². The van der Waals surface area contributed by atoms with Gasteiger partial charge in [0.05, 0.1) is 5.69 Å². The largest absolute Gasteiger partial charge is 0.257 e. The lowest BCUT2D eigenvalue weighted by atomic mass is 10.1. The van der Waals surface area contributed by atoms with E-state index in [9.17, 15) is 0 Å². The molecule has 1 aromatic heterocycles. The summed E-state index contributed by atoms with van der Waals surface area (Å²) in [6.45, 7) is 14.3. The molecule has 18 heavy (non-hydrogen) atoms. The maximum absolute atomic E-state index is 4.30.